The summed E-state index contributed by atoms with van der Waals surface area (Å²) in [6.45, 7) is 6.22. The first-order valence-electron chi connectivity index (χ1n) is 5.78. The minimum absolute atomic E-state index is 0.0598. The van der Waals surface area contributed by atoms with E-state index in [0.29, 0.717) is 6.04 Å². The van der Waals surface area contributed by atoms with Gasteiger partial charge in [-0.05, 0) is 26.8 Å². The lowest BCUT2D eigenvalue weighted by atomic mass is 10.1. The Hall–Kier alpha value is -1.20. The molecule has 0 bridgehead atoms. The number of hydrogen-bond donors (Lipinski definition) is 1. The standard InChI is InChI=1S/C12H18N4S/c1-8(2)16-5-4-10(15-16)6-11(13)12-7-17-9(3)14-12/h4-5,7-8,11H,6,13H2,1-3H3. The number of nitrogens with zero attached hydrogens (tertiary/aromatic N) is 3. The monoisotopic (exact) mass is 250 g/mol. The van der Waals surface area contributed by atoms with Crippen molar-refractivity contribution in [2.24, 2.45) is 5.73 Å². The van der Waals surface area contributed by atoms with Gasteiger partial charge in [0.1, 0.15) is 0 Å². The van der Waals surface area contributed by atoms with Crippen LogP contribution in [0.1, 0.15) is 42.3 Å². The molecule has 2 N–H and O–H groups in total. The molecule has 0 amide bonds. The highest BCUT2D eigenvalue weighted by molar-refractivity contribution is 7.09. The predicted molar refractivity (Wildman–Crippen MR) is 70.1 cm³/mol. The molecule has 0 aliphatic rings. The average Bonchev–Trinajstić information content (AvgIpc) is 2.86. The molecular formula is C12H18N4S. The average molecular weight is 250 g/mol. The fourth-order valence-electron chi connectivity index (χ4n) is 1.65. The number of rotatable bonds is 4. The van der Waals surface area contributed by atoms with Gasteiger partial charge in [0.25, 0.3) is 0 Å². The van der Waals surface area contributed by atoms with E-state index in [1.165, 1.54) is 0 Å². The number of aryl methyl sites for hydroxylation is 1. The lowest BCUT2D eigenvalue weighted by molar-refractivity contribution is 0.522. The molecule has 0 aromatic carbocycles. The first kappa shape index (κ1) is 12.3. The highest BCUT2D eigenvalue weighted by Gasteiger charge is 2.12. The van der Waals surface area contributed by atoms with Crippen molar-refractivity contribution in [1.29, 1.82) is 0 Å². The summed E-state index contributed by atoms with van der Waals surface area (Å²) in [5, 5.41) is 7.58. The number of thiazole rings is 1. The van der Waals surface area contributed by atoms with Gasteiger partial charge >= 0.3 is 0 Å². The first-order valence-corrected chi connectivity index (χ1v) is 6.66. The van der Waals surface area contributed by atoms with Crippen LogP contribution in [0.5, 0.6) is 0 Å². The van der Waals surface area contributed by atoms with E-state index in [0.717, 1.165) is 22.8 Å². The number of nitrogens with two attached hydrogens (primary N) is 1. The van der Waals surface area contributed by atoms with Crippen molar-refractivity contribution < 1.29 is 0 Å². The Morgan fingerprint density at radius 1 is 1.47 bits per heavy atom. The van der Waals surface area contributed by atoms with E-state index in [1.807, 2.05) is 29.2 Å². The minimum atomic E-state index is -0.0598. The van der Waals surface area contributed by atoms with Crippen molar-refractivity contribution in [3.63, 3.8) is 0 Å². The molecule has 0 aliphatic carbocycles. The lowest BCUT2D eigenvalue weighted by Crippen LogP contribution is -2.14. The summed E-state index contributed by atoms with van der Waals surface area (Å²) in [4.78, 5) is 4.41. The molecule has 0 radical (unpaired) electrons. The molecule has 2 aromatic rings. The first-order chi connectivity index (χ1) is 8.06. The van der Waals surface area contributed by atoms with Gasteiger partial charge in [-0.1, -0.05) is 0 Å². The van der Waals surface area contributed by atoms with Crippen LogP contribution >= 0.6 is 11.3 Å². The Labute approximate surface area is 105 Å². The maximum atomic E-state index is 6.12. The maximum absolute atomic E-state index is 6.12. The zero-order valence-electron chi connectivity index (χ0n) is 10.4. The van der Waals surface area contributed by atoms with Gasteiger partial charge in [0, 0.05) is 24.0 Å². The fraction of sp³-hybridized carbons (Fsp3) is 0.500. The summed E-state index contributed by atoms with van der Waals surface area (Å²) in [7, 11) is 0. The third kappa shape index (κ3) is 2.92. The summed E-state index contributed by atoms with van der Waals surface area (Å²) < 4.78 is 1.95. The number of hydrogen-bond acceptors (Lipinski definition) is 4. The zero-order valence-corrected chi connectivity index (χ0v) is 11.2. The highest BCUT2D eigenvalue weighted by Crippen LogP contribution is 2.18. The van der Waals surface area contributed by atoms with E-state index in [-0.39, 0.29) is 6.04 Å². The van der Waals surface area contributed by atoms with E-state index in [9.17, 15) is 0 Å². The van der Waals surface area contributed by atoms with Crippen LogP contribution in [0.2, 0.25) is 0 Å². The molecule has 2 heterocycles. The molecule has 1 unspecified atom stereocenters. The molecule has 5 heteroatoms. The normalized spacial score (nSPS) is 13.2. The molecule has 17 heavy (non-hydrogen) atoms. The second kappa shape index (κ2) is 4.98. The predicted octanol–water partition coefficient (Wildman–Crippen LogP) is 2.47. The van der Waals surface area contributed by atoms with Crippen LogP contribution in [0, 0.1) is 6.92 Å². The van der Waals surface area contributed by atoms with E-state index < -0.39 is 0 Å². The molecule has 0 fully saturated rings. The van der Waals surface area contributed by atoms with Gasteiger partial charge in [0.05, 0.1) is 22.4 Å². The molecule has 0 aliphatic heterocycles. The third-order valence-electron chi connectivity index (χ3n) is 2.64. The van der Waals surface area contributed by atoms with E-state index >= 15 is 0 Å². The molecule has 4 nitrogen and oxygen atoms in total. The Bertz CT molecular complexity index is 486. The number of aromatic nitrogens is 3. The van der Waals surface area contributed by atoms with Gasteiger partial charge in [-0.2, -0.15) is 5.10 Å². The molecule has 92 valence electrons. The largest absolute Gasteiger partial charge is 0.322 e. The van der Waals surface area contributed by atoms with Gasteiger partial charge in [0.2, 0.25) is 0 Å². The van der Waals surface area contributed by atoms with Crippen LogP contribution in [0.4, 0.5) is 0 Å². The Morgan fingerprint density at radius 2 is 2.24 bits per heavy atom. The lowest BCUT2D eigenvalue weighted by Gasteiger charge is -2.07. The van der Waals surface area contributed by atoms with Gasteiger partial charge in [-0.15, -0.1) is 11.3 Å². The van der Waals surface area contributed by atoms with Crippen LogP contribution in [-0.4, -0.2) is 14.8 Å². The summed E-state index contributed by atoms with van der Waals surface area (Å²) in [5.41, 5.74) is 8.11. The van der Waals surface area contributed by atoms with Gasteiger partial charge in [-0.3, -0.25) is 4.68 Å². The molecular weight excluding hydrogens is 232 g/mol. The highest BCUT2D eigenvalue weighted by atomic mass is 32.1. The summed E-state index contributed by atoms with van der Waals surface area (Å²) in [6, 6.07) is 2.36. The van der Waals surface area contributed by atoms with Crippen molar-refractivity contribution in [3.05, 3.63) is 34.0 Å². The Balaban J connectivity index is 2.05. The summed E-state index contributed by atoms with van der Waals surface area (Å²) in [6.07, 6.45) is 2.74. The van der Waals surface area contributed by atoms with E-state index in [4.69, 9.17) is 5.73 Å². The Kier molecular flexibility index (Phi) is 3.59. The fourth-order valence-corrected chi connectivity index (χ4v) is 2.33. The van der Waals surface area contributed by atoms with Crippen LogP contribution in [-0.2, 0) is 6.42 Å². The van der Waals surface area contributed by atoms with Crippen LogP contribution in [0.3, 0.4) is 0 Å². The molecule has 1 atom stereocenters. The molecule has 0 saturated carbocycles. The summed E-state index contributed by atoms with van der Waals surface area (Å²) >= 11 is 1.64. The third-order valence-corrected chi connectivity index (χ3v) is 3.43. The van der Waals surface area contributed by atoms with Crippen LogP contribution in [0.15, 0.2) is 17.6 Å². The summed E-state index contributed by atoms with van der Waals surface area (Å²) in [5.74, 6) is 0. The van der Waals surface area contributed by atoms with Crippen molar-refractivity contribution in [3.8, 4) is 0 Å². The van der Waals surface area contributed by atoms with Gasteiger partial charge in [-0.25, -0.2) is 4.98 Å². The van der Waals surface area contributed by atoms with Crippen molar-refractivity contribution in [1.82, 2.24) is 14.8 Å². The van der Waals surface area contributed by atoms with Crippen LogP contribution < -0.4 is 5.73 Å². The second-order valence-corrected chi connectivity index (χ2v) is 5.55. The quantitative estimate of drug-likeness (QED) is 0.907. The molecule has 0 spiro atoms. The maximum Gasteiger partial charge on any atom is 0.0898 e. The molecule has 2 aromatic heterocycles. The minimum Gasteiger partial charge on any atom is -0.322 e. The van der Waals surface area contributed by atoms with Gasteiger partial charge in [0.15, 0.2) is 0 Å². The van der Waals surface area contributed by atoms with E-state index in [1.54, 1.807) is 11.3 Å². The van der Waals surface area contributed by atoms with Crippen LogP contribution in [0.25, 0.3) is 0 Å². The Morgan fingerprint density at radius 3 is 2.76 bits per heavy atom. The van der Waals surface area contributed by atoms with Crippen molar-refractivity contribution >= 4 is 11.3 Å². The zero-order chi connectivity index (χ0) is 12.4. The van der Waals surface area contributed by atoms with Crippen molar-refractivity contribution in [2.75, 3.05) is 0 Å². The molecule has 0 saturated heterocycles. The topological polar surface area (TPSA) is 56.7 Å². The van der Waals surface area contributed by atoms with Crippen molar-refractivity contribution in [2.45, 2.75) is 39.3 Å². The van der Waals surface area contributed by atoms with Gasteiger partial charge < -0.3 is 5.73 Å². The second-order valence-electron chi connectivity index (χ2n) is 4.48. The molecule has 2 rings (SSSR count). The van der Waals surface area contributed by atoms with E-state index in [2.05, 4.69) is 23.9 Å². The smallest absolute Gasteiger partial charge is 0.0898 e. The SMILES string of the molecule is Cc1nc(C(N)Cc2ccn(C(C)C)n2)cs1.